The molecular weight excluding hydrogens is 240 g/mol. The van der Waals surface area contributed by atoms with E-state index in [-0.39, 0.29) is 5.91 Å². The number of ether oxygens (including phenoxy) is 1. The van der Waals surface area contributed by atoms with Crippen LogP contribution in [-0.4, -0.2) is 44.2 Å². The van der Waals surface area contributed by atoms with Crippen LogP contribution in [0.2, 0.25) is 0 Å². The number of nitrogens with zero attached hydrogens (tertiary/aromatic N) is 1. The van der Waals surface area contributed by atoms with Crippen LogP contribution in [0.3, 0.4) is 0 Å². The monoisotopic (exact) mass is 262 g/mol. The highest BCUT2D eigenvalue weighted by molar-refractivity contribution is 5.96. The Morgan fingerprint density at radius 3 is 2.74 bits per heavy atom. The van der Waals surface area contributed by atoms with Crippen LogP contribution >= 0.6 is 0 Å². The molecule has 2 rings (SSSR count). The fourth-order valence-corrected chi connectivity index (χ4v) is 2.24. The SMILES string of the molecule is CNc1ccc(C(=O)N(CCOC)C2CC2)c(C)c1. The van der Waals surface area contributed by atoms with Crippen molar-refractivity contribution in [3.8, 4) is 0 Å². The zero-order valence-electron chi connectivity index (χ0n) is 11.9. The van der Waals surface area contributed by atoms with Gasteiger partial charge in [0.1, 0.15) is 0 Å². The molecule has 0 aromatic heterocycles. The fraction of sp³-hybridized carbons (Fsp3) is 0.533. The van der Waals surface area contributed by atoms with Crippen molar-refractivity contribution in [3.05, 3.63) is 29.3 Å². The zero-order chi connectivity index (χ0) is 13.8. The van der Waals surface area contributed by atoms with E-state index in [1.54, 1.807) is 7.11 Å². The van der Waals surface area contributed by atoms with Crippen molar-refractivity contribution in [1.29, 1.82) is 0 Å². The highest BCUT2D eigenvalue weighted by Crippen LogP contribution is 2.29. The number of nitrogens with one attached hydrogen (secondary N) is 1. The molecule has 0 bridgehead atoms. The molecule has 0 radical (unpaired) electrons. The summed E-state index contributed by atoms with van der Waals surface area (Å²) in [5.41, 5.74) is 2.84. The van der Waals surface area contributed by atoms with Crippen molar-refractivity contribution in [2.24, 2.45) is 0 Å². The Morgan fingerprint density at radius 2 is 2.21 bits per heavy atom. The van der Waals surface area contributed by atoms with E-state index in [1.807, 2.05) is 37.1 Å². The van der Waals surface area contributed by atoms with Gasteiger partial charge >= 0.3 is 0 Å². The lowest BCUT2D eigenvalue weighted by molar-refractivity contribution is 0.0679. The lowest BCUT2D eigenvalue weighted by Crippen LogP contribution is -2.36. The first-order valence-electron chi connectivity index (χ1n) is 6.75. The van der Waals surface area contributed by atoms with Crippen molar-refractivity contribution < 1.29 is 9.53 Å². The predicted molar refractivity (Wildman–Crippen MR) is 76.7 cm³/mol. The van der Waals surface area contributed by atoms with Gasteiger partial charge in [-0.05, 0) is 43.5 Å². The second-order valence-corrected chi connectivity index (χ2v) is 5.00. The van der Waals surface area contributed by atoms with Gasteiger partial charge in [-0.1, -0.05) is 0 Å². The van der Waals surface area contributed by atoms with E-state index in [1.165, 1.54) is 0 Å². The standard InChI is InChI=1S/C15H22N2O2/c1-11-10-12(16-2)4-7-14(11)15(18)17(8-9-19-3)13-5-6-13/h4,7,10,13,16H,5-6,8-9H2,1-3H3. The van der Waals surface area contributed by atoms with E-state index in [9.17, 15) is 4.79 Å². The van der Waals surface area contributed by atoms with Crippen LogP contribution in [0.15, 0.2) is 18.2 Å². The molecule has 1 aliphatic carbocycles. The third kappa shape index (κ3) is 3.26. The van der Waals surface area contributed by atoms with Crippen LogP contribution < -0.4 is 5.32 Å². The molecule has 0 spiro atoms. The topological polar surface area (TPSA) is 41.6 Å². The molecule has 1 N–H and O–H groups in total. The van der Waals surface area contributed by atoms with Crippen molar-refractivity contribution in [3.63, 3.8) is 0 Å². The van der Waals surface area contributed by atoms with Gasteiger partial charge in [-0.2, -0.15) is 0 Å². The smallest absolute Gasteiger partial charge is 0.254 e. The summed E-state index contributed by atoms with van der Waals surface area (Å²) in [6.45, 7) is 3.25. The maximum atomic E-state index is 12.6. The van der Waals surface area contributed by atoms with E-state index in [0.717, 1.165) is 29.7 Å². The molecule has 1 aromatic carbocycles. The lowest BCUT2D eigenvalue weighted by atomic mass is 10.1. The number of hydrogen-bond donors (Lipinski definition) is 1. The van der Waals surface area contributed by atoms with Crippen LogP contribution in [0.4, 0.5) is 5.69 Å². The lowest BCUT2D eigenvalue weighted by Gasteiger charge is -2.23. The second kappa shape index (κ2) is 6.06. The number of benzene rings is 1. The molecule has 1 amide bonds. The molecule has 104 valence electrons. The Labute approximate surface area is 114 Å². The van der Waals surface area contributed by atoms with Crippen LogP contribution in [0.5, 0.6) is 0 Å². The van der Waals surface area contributed by atoms with Gasteiger partial charge in [0.25, 0.3) is 5.91 Å². The Bertz CT molecular complexity index is 455. The van der Waals surface area contributed by atoms with E-state index in [4.69, 9.17) is 4.74 Å². The zero-order valence-corrected chi connectivity index (χ0v) is 11.9. The van der Waals surface area contributed by atoms with Gasteiger partial charge in [-0.15, -0.1) is 0 Å². The van der Waals surface area contributed by atoms with Crippen LogP contribution in [0, 0.1) is 6.92 Å². The van der Waals surface area contributed by atoms with Gasteiger partial charge in [-0.25, -0.2) is 0 Å². The third-order valence-corrected chi connectivity index (χ3v) is 3.53. The van der Waals surface area contributed by atoms with Crippen LogP contribution in [0.25, 0.3) is 0 Å². The molecule has 1 saturated carbocycles. The second-order valence-electron chi connectivity index (χ2n) is 5.00. The minimum Gasteiger partial charge on any atom is -0.388 e. The molecule has 1 aromatic rings. The molecule has 1 aliphatic rings. The molecule has 4 heteroatoms. The largest absolute Gasteiger partial charge is 0.388 e. The van der Waals surface area contributed by atoms with E-state index < -0.39 is 0 Å². The summed E-state index contributed by atoms with van der Waals surface area (Å²) in [5.74, 6) is 0.125. The maximum Gasteiger partial charge on any atom is 0.254 e. The molecule has 1 fully saturated rings. The highest BCUT2D eigenvalue weighted by atomic mass is 16.5. The van der Waals surface area contributed by atoms with E-state index >= 15 is 0 Å². The van der Waals surface area contributed by atoms with Gasteiger partial charge in [0.05, 0.1) is 6.61 Å². The number of hydrogen-bond acceptors (Lipinski definition) is 3. The van der Waals surface area contributed by atoms with Gasteiger partial charge in [0.15, 0.2) is 0 Å². The molecule has 0 atom stereocenters. The summed E-state index contributed by atoms with van der Waals surface area (Å²) < 4.78 is 5.10. The van der Waals surface area contributed by atoms with Crippen molar-refractivity contribution in [2.45, 2.75) is 25.8 Å². The summed E-state index contributed by atoms with van der Waals surface area (Å²) in [6, 6.07) is 6.27. The van der Waals surface area contributed by atoms with E-state index in [2.05, 4.69) is 5.32 Å². The number of anilines is 1. The third-order valence-electron chi connectivity index (χ3n) is 3.53. The Kier molecular flexibility index (Phi) is 4.43. The Hall–Kier alpha value is -1.55. The number of amides is 1. The molecule has 4 nitrogen and oxygen atoms in total. The molecule has 0 heterocycles. The van der Waals surface area contributed by atoms with Gasteiger partial charge < -0.3 is 15.0 Å². The molecule has 0 aliphatic heterocycles. The summed E-state index contributed by atoms with van der Waals surface area (Å²) >= 11 is 0. The molecule has 0 unspecified atom stereocenters. The summed E-state index contributed by atoms with van der Waals surface area (Å²) in [7, 11) is 3.55. The highest BCUT2D eigenvalue weighted by Gasteiger charge is 2.33. The fourth-order valence-electron chi connectivity index (χ4n) is 2.24. The summed E-state index contributed by atoms with van der Waals surface area (Å²) in [4.78, 5) is 14.6. The Morgan fingerprint density at radius 1 is 1.47 bits per heavy atom. The average Bonchev–Trinajstić information content (AvgIpc) is 3.23. The number of rotatable bonds is 6. The average molecular weight is 262 g/mol. The first kappa shape index (κ1) is 13.9. The number of carbonyl (C=O) groups is 1. The number of methoxy groups -OCH3 is 1. The Balaban J connectivity index is 2.16. The maximum absolute atomic E-state index is 12.6. The normalized spacial score (nSPS) is 14.3. The van der Waals surface area contributed by atoms with Crippen molar-refractivity contribution >= 4 is 11.6 Å². The first-order valence-corrected chi connectivity index (χ1v) is 6.75. The quantitative estimate of drug-likeness (QED) is 0.855. The summed E-state index contributed by atoms with van der Waals surface area (Å²) in [5, 5.41) is 3.09. The van der Waals surface area contributed by atoms with Crippen molar-refractivity contribution in [1.82, 2.24) is 4.90 Å². The number of aryl methyl sites for hydroxylation is 1. The first-order chi connectivity index (χ1) is 9.17. The summed E-state index contributed by atoms with van der Waals surface area (Å²) in [6.07, 6.45) is 2.23. The van der Waals surface area contributed by atoms with Gasteiger partial charge in [-0.3, -0.25) is 4.79 Å². The van der Waals surface area contributed by atoms with E-state index in [0.29, 0.717) is 19.2 Å². The molecular formula is C15H22N2O2. The molecule has 0 saturated heterocycles. The minimum absolute atomic E-state index is 0.125. The van der Waals surface area contributed by atoms with Crippen molar-refractivity contribution in [2.75, 3.05) is 32.6 Å². The minimum atomic E-state index is 0.125. The number of carbonyl (C=O) groups excluding carboxylic acids is 1. The van der Waals surface area contributed by atoms with Gasteiger partial charge in [0.2, 0.25) is 0 Å². The molecule has 19 heavy (non-hydrogen) atoms. The van der Waals surface area contributed by atoms with Gasteiger partial charge in [0, 0.05) is 38.0 Å². The predicted octanol–water partition coefficient (Wildman–Crippen LogP) is 2.29. The van der Waals surface area contributed by atoms with Crippen LogP contribution in [-0.2, 0) is 4.74 Å². The van der Waals surface area contributed by atoms with Crippen LogP contribution in [0.1, 0.15) is 28.8 Å².